The second-order valence-corrected chi connectivity index (χ2v) is 7.06. The molecule has 0 saturated carbocycles. The molecule has 1 rings (SSSR count). The zero-order valence-corrected chi connectivity index (χ0v) is 14.4. The van der Waals surface area contributed by atoms with Crippen LogP contribution >= 0.6 is 11.8 Å². The fraction of sp³-hybridized carbons (Fsp3) is 0.588. The molecule has 0 aliphatic rings. The van der Waals surface area contributed by atoms with Gasteiger partial charge in [0.2, 0.25) is 5.91 Å². The lowest BCUT2D eigenvalue weighted by atomic mass is 10.0. The van der Waals surface area contributed by atoms with Crippen molar-refractivity contribution in [2.24, 2.45) is 11.7 Å². The van der Waals surface area contributed by atoms with E-state index in [0.717, 1.165) is 24.3 Å². The van der Waals surface area contributed by atoms with Crippen LogP contribution in [0.3, 0.4) is 0 Å². The Labute approximate surface area is 133 Å². The van der Waals surface area contributed by atoms with Crippen LogP contribution in [0.4, 0.5) is 0 Å². The van der Waals surface area contributed by atoms with Crippen molar-refractivity contribution in [2.75, 3.05) is 13.6 Å². The van der Waals surface area contributed by atoms with Gasteiger partial charge in [0.15, 0.2) is 0 Å². The summed E-state index contributed by atoms with van der Waals surface area (Å²) < 4.78 is 0. The van der Waals surface area contributed by atoms with Gasteiger partial charge in [0.25, 0.3) is 0 Å². The number of nitrogens with zero attached hydrogens (tertiary/aromatic N) is 1. The van der Waals surface area contributed by atoms with Gasteiger partial charge in [0.05, 0.1) is 5.25 Å². The molecule has 0 saturated heterocycles. The maximum Gasteiger partial charge on any atom is 0.235 e. The van der Waals surface area contributed by atoms with Crippen molar-refractivity contribution in [3.8, 4) is 0 Å². The first-order valence-corrected chi connectivity index (χ1v) is 8.55. The number of benzene rings is 1. The zero-order valence-electron chi connectivity index (χ0n) is 13.6. The number of carbonyl (C=O) groups excluding carboxylic acids is 1. The van der Waals surface area contributed by atoms with Crippen LogP contribution in [0.15, 0.2) is 35.2 Å². The summed E-state index contributed by atoms with van der Waals surface area (Å²) in [5, 5.41) is -0.0207. The number of hydrogen-bond donors (Lipinski definition) is 1. The monoisotopic (exact) mass is 308 g/mol. The van der Waals surface area contributed by atoms with Crippen LogP contribution < -0.4 is 5.73 Å². The molecule has 1 aromatic carbocycles. The highest BCUT2D eigenvalue weighted by atomic mass is 32.2. The average Bonchev–Trinajstić information content (AvgIpc) is 2.50. The molecular formula is C17H28N2OS. The molecule has 4 heteroatoms. The molecule has 118 valence electrons. The van der Waals surface area contributed by atoms with E-state index in [4.69, 9.17) is 5.73 Å². The molecule has 0 bridgehead atoms. The first kappa shape index (κ1) is 18.1. The third-order valence-electron chi connectivity index (χ3n) is 3.70. The van der Waals surface area contributed by atoms with Crippen molar-refractivity contribution < 1.29 is 4.79 Å². The number of carbonyl (C=O) groups is 1. The van der Waals surface area contributed by atoms with Crippen LogP contribution in [0.5, 0.6) is 0 Å². The molecule has 0 radical (unpaired) electrons. The van der Waals surface area contributed by atoms with Crippen LogP contribution in [0.1, 0.15) is 33.6 Å². The van der Waals surface area contributed by atoms with Crippen molar-refractivity contribution in [3.63, 3.8) is 0 Å². The summed E-state index contributed by atoms with van der Waals surface area (Å²) in [6, 6.07) is 10.3. The molecule has 2 N–H and O–H groups in total. The van der Waals surface area contributed by atoms with E-state index in [0.29, 0.717) is 5.92 Å². The van der Waals surface area contributed by atoms with E-state index in [-0.39, 0.29) is 17.2 Å². The number of thioether (sulfide) groups is 1. The van der Waals surface area contributed by atoms with Gasteiger partial charge in [-0.15, -0.1) is 11.8 Å². The average molecular weight is 308 g/mol. The Bertz CT molecular complexity index is 422. The molecule has 3 nitrogen and oxygen atoms in total. The molecule has 1 aromatic rings. The van der Waals surface area contributed by atoms with Crippen molar-refractivity contribution in [2.45, 2.75) is 49.8 Å². The highest BCUT2D eigenvalue weighted by Gasteiger charge is 2.22. The lowest BCUT2D eigenvalue weighted by Gasteiger charge is -2.25. The smallest absolute Gasteiger partial charge is 0.235 e. The molecule has 21 heavy (non-hydrogen) atoms. The molecule has 0 heterocycles. The summed E-state index contributed by atoms with van der Waals surface area (Å²) in [6.45, 7) is 7.02. The van der Waals surface area contributed by atoms with E-state index in [1.54, 1.807) is 11.8 Å². The quantitative estimate of drug-likeness (QED) is 0.749. The lowest BCUT2D eigenvalue weighted by Crippen LogP contribution is -2.38. The molecule has 2 unspecified atom stereocenters. The normalized spacial score (nSPS) is 14.0. The van der Waals surface area contributed by atoms with Crippen molar-refractivity contribution in [1.82, 2.24) is 4.90 Å². The predicted octanol–water partition coefficient (Wildman–Crippen LogP) is 3.39. The Kier molecular flexibility index (Phi) is 7.83. The van der Waals surface area contributed by atoms with Gasteiger partial charge in [0.1, 0.15) is 0 Å². The molecule has 0 aromatic heterocycles. The molecule has 2 atom stereocenters. The minimum Gasteiger partial charge on any atom is -0.345 e. The number of rotatable bonds is 8. The zero-order chi connectivity index (χ0) is 15.8. The summed E-state index contributed by atoms with van der Waals surface area (Å²) in [5.74, 6) is 0.650. The lowest BCUT2D eigenvalue weighted by molar-refractivity contribution is -0.129. The van der Waals surface area contributed by atoms with Crippen LogP contribution in [0.2, 0.25) is 0 Å². The van der Waals surface area contributed by atoms with Gasteiger partial charge in [-0.2, -0.15) is 0 Å². The fourth-order valence-corrected chi connectivity index (χ4v) is 3.09. The van der Waals surface area contributed by atoms with E-state index in [1.165, 1.54) is 0 Å². The first-order chi connectivity index (χ1) is 9.95. The van der Waals surface area contributed by atoms with Crippen LogP contribution in [0.25, 0.3) is 0 Å². The number of hydrogen-bond acceptors (Lipinski definition) is 3. The summed E-state index contributed by atoms with van der Waals surface area (Å²) in [7, 11) is 1.88. The molecule has 0 fully saturated rings. The third-order valence-corrected chi connectivity index (χ3v) is 5.06. The third kappa shape index (κ3) is 6.10. The fourth-order valence-electron chi connectivity index (χ4n) is 2.00. The highest BCUT2D eigenvalue weighted by Crippen LogP contribution is 2.26. The highest BCUT2D eigenvalue weighted by molar-refractivity contribution is 8.00. The maximum absolute atomic E-state index is 12.5. The largest absolute Gasteiger partial charge is 0.345 e. The molecule has 0 aliphatic carbocycles. The molecule has 1 amide bonds. The maximum atomic E-state index is 12.5. The van der Waals surface area contributed by atoms with Crippen molar-refractivity contribution in [1.29, 1.82) is 0 Å². The first-order valence-electron chi connectivity index (χ1n) is 7.68. The van der Waals surface area contributed by atoms with Gasteiger partial charge >= 0.3 is 0 Å². The Balaban J connectivity index is 2.53. The Morgan fingerprint density at radius 3 is 2.43 bits per heavy atom. The second kappa shape index (κ2) is 9.11. The van der Waals surface area contributed by atoms with E-state index in [2.05, 4.69) is 32.9 Å². The number of amides is 1. The minimum atomic E-state index is -0.0207. The van der Waals surface area contributed by atoms with Gasteiger partial charge in [-0.25, -0.2) is 0 Å². The Morgan fingerprint density at radius 2 is 1.90 bits per heavy atom. The van der Waals surface area contributed by atoms with Crippen LogP contribution in [-0.2, 0) is 4.79 Å². The predicted molar refractivity (Wildman–Crippen MR) is 91.4 cm³/mol. The van der Waals surface area contributed by atoms with Crippen molar-refractivity contribution >= 4 is 17.7 Å². The minimum absolute atomic E-state index is 0.0207. The van der Waals surface area contributed by atoms with Gasteiger partial charge in [-0.3, -0.25) is 4.79 Å². The Hall–Kier alpha value is -1.00. The SMILES string of the molecule is CCC(Sc1ccccc1)C(=O)N(C)CCC(N)C(C)C. The van der Waals surface area contributed by atoms with Crippen LogP contribution in [0, 0.1) is 5.92 Å². The number of nitrogens with two attached hydrogens (primary N) is 1. The Morgan fingerprint density at radius 1 is 1.29 bits per heavy atom. The van der Waals surface area contributed by atoms with E-state index in [1.807, 2.05) is 30.1 Å². The van der Waals surface area contributed by atoms with Crippen LogP contribution in [-0.4, -0.2) is 35.7 Å². The van der Waals surface area contributed by atoms with Crippen molar-refractivity contribution in [3.05, 3.63) is 30.3 Å². The summed E-state index contributed by atoms with van der Waals surface area (Å²) in [5.41, 5.74) is 6.05. The molecular weight excluding hydrogens is 280 g/mol. The van der Waals surface area contributed by atoms with Gasteiger partial charge in [0, 0.05) is 24.5 Å². The van der Waals surface area contributed by atoms with E-state index >= 15 is 0 Å². The summed E-state index contributed by atoms with van der Waals surface area (Å²) >= 11 is 1.64. The van der Waals surface area contributed by atoms with Gasteiger partial charge in [-0.05, 0) is 30.9 Å². The van der Waals surface area contributed by atoms with Gasteiger partial charge < -0.3 is 10.6 Å². The standard InChI is InChI=1S/C17H28N2OS/c1-5-16(21-14-9-7-6-8-10-14)17(20)19(4)12-11-15(18)13(2)3/h6-10,13,15-16H,5,11-12,18H2,1-4H3. The topological polar surface area (TPSA) is 46.3 Å². The second-order valence-electron chi connectivity index (χ2n) is 5.78. The van der Waals surface area contributed by atoms with E-state index in [9.17, 15) is 4.79 Å². The summed E-state index contributed by atoms with van der Waals surface area (Å²) in [6.07, 6.45) is 1.69. The van der Waals surface area contributed by atoms with Gasteiger partial charge in [-0.1, -0.05) is 39.0 Å². The molecule has 0 spiro atoms. The molecule has 0 aliphatic heterocycles. The van der Waals surface area contributed by atoms with E-state index < -0.39 is 0 Å². The summed E-state index contributed by atoms with van der Waals surface area (Å²) in [4.78, 5) is 15.5.